The average Bonchev–Trinajstić information content (AvgIpc) is 3.11. The second-order valence-corrected chi connectivity index (χ2v) is 13.3. The van der Waals surface area contributed by atoms with Crippen LogP contribution in [-0.4, -0.2) is 29.7 Å². The van der Waals surface area contributed by atoms with Crippen molar-refractivity contribution in [3.05, 3.63) is 63.2 Å². The number of thiazole rings is 1. The molecule has 154 valence electrons. The molecule has 0 saturated heterocycles. The van der Waals surface area contributed by atoms with E-state index in [1.807, 2.05) is 17.5 Å². The third-order valence-electron chi connectivity index (χ3n) is 4.41. The van der Waals surface area contributed by atoms with Gasteiger partial charge < -0.3 is 5.32 Å². The molecular formula is C22H24ClFN2OS2. The Morgan fingerprint density at radius 2 is 1.90 bits per heavy atom. The van der Waals surface area contributed by atoms with E-state index in [-0.39, 0.29) is 5.56 Å². The number of rotatable bonds is 5. The lowest BCUT2D eigenvalue weighted by atomic mass is 10.1. The molecule has 0 radical (unpaired) electrons. The van der Waals surface area contributed by atoms with Crippen molar-refractivity contribution in [1.29, 1.82) is 0 Å². The van der Waals surface area contributed by atoms with E-state index in [4.69, 9.17) is 11.6 Å². The fourth-order valence-electron chi connectivity index (χ4n) is 2.74. The van der Waals surface area contributed by atoms with E-state index < -0.39 is 21.8 Å². The average molecular weight is 451 g/mol. The molecule has 3 aromatic rings. The number of carbonyl (C=O) groups excluding carboxylic acids is 1. The molecular weight excluding hydrogens is 427 g/mol. The number of benzene rings is 2. The Labute approximate surface area is 181 Å². The Kier molecular flexibility index (Phi) is 6.36. The molecule has 0 aliphatic heterocycles. The van der Waals surface area contributed by atoms with Crippen LogP contribution < -0.4 is 5.32 Å². The monoisotopic (exact) mass is 450 g/mol. The largest absolute Gasteiger partial charge is 0.322 e. The van der Waals surface area contributed by atoms with Crippen LogP contribution in [0, 0.1) is 5.82 Å². The molecule has 0 aliphatic rings. The van der Waals surface area contributed by atoms with Crippen molar-refractivity contribution in [2.45, 2.75) is 24.7 Å². The van der Waals surface area contributed by atoms with Gasteiger partial charge in [-0.05, 0) is 60.1 Å². The first-order valence-electron chi connectivity index (χ1n) is 9.11. The first-order chi connectivity index (χ1) is 13.6. The van der Waals surface area contributed by atoms with Gasteiger partial charge in [-0.25, -0.2) is 19.4 Å². The van der Waals surface area contributed by atoms with Crippen molar-refractivity contribution >= 4 is 44.6 Å². The zero-order chi connectivity index (χ0) is 21.3. The normalized spacial score (nSPS) is 12.3. The summed E-state index contributed by atoms with van der Waals surface area (Å²) >= 11 is 8.02. The summed E-state index contributed by atoms with van der Waals surface area (Å²) in [7, 11) is -1.06. The van der Waals surface area contributed by atoms with Gasteiger partial charge in [0.05, 0.1) is 21.3 Å². The zero-order valence-corrected chi connectivity index (χ0v) is 19.4. The Hall–Kier alpha value is -1.89. The summed E-state index contributed by atoms with van der Waals surface area (Å²) in [5.74, 6) is -0.668. The number of hydrogen-bond donors (Lipinski definition) is 1. The lowest BCUT2D eigenvalue weighted by Gasteiger charge is -2.26. The van der Waals surface area contributed by atoms with Crippen LogP contribution in [0.2, 0.25) is 5.02 Å². The summed E-state index contributed by atoms with van der Waals surface area (Å²) in [5.41, 5.74) is 2.14. The van der Waals surface area contributed by atoms with Gasteiger partial charge >= 0.3 is 0 Å². The van der Waals surface area contributed by atoms with Gasteiger partial charge in [-0.15, -0.1) is 11.3 Å². The van der Waals surface area contributed by atoms with Crippen LogP contribution in [-0.2, 0) is 0 Å². The number of anilines is 1. The first-order valence-corrected chi connectivity index (χ1v) is 13.2. The minimum Gasteiger partial charge on any atom is -0.322 e. The molecule has 0 unspecified atom stereocenters. The SMILES string of the molecule is CC(C)c1nc(-c2ccc(NC(=O)c3ccc(S(C)(C)C)cc3F)cc2Cl)cs1. The van der Waals surface area contributed by atoms with Gasteiger partial charge in [-0.3, -0.25) is 4.79 Å². The number of nitrogens with one attached hydrogen (secondary N) is 1. The Bertz CT molecular complexity index is 1060. The van der Waals surface area contributed by atoms with Gasteiger partial charge in [0.1, 0.15) is 5.82 Å². The molecule has 29 heavy (non-hydrogen) atoms. The summed E-state index contributed by atoms with van der Waals surface area (Å²) in [6, 6.07) is 10.0. The molecule has 3 rings (SSSR count). The number of amides is 1. The van der Waals surface area contributed by atoms with Gasteiger partial charge in [-0.2, -0.15) is 0 Å². The predicted octanol–water partition coefficient (Wildman–Crippen LogP) is 7.03. The van der Waals surface area contributed by atoms with Crippen LogP contribution in [0.3, 0.4) is 0 Å². The number of nitrogens with zero attached hydrogens (tertiary/aromatic N) is 1. The quantitative estimate of drug-likeness (QED) is 0.453. The van der Waals surface area contributed by atoms with Crippen LogP contribution >= 0.6 is 33.0 Å². The summed E-state index contributed by atoms with van der Waals surface area (Å²) < 4.78 is 14.5. The fraction of sp³-hybridized carbons (Fsp3) is 0.273. The molecule has 1 aromatic heterocycles. The second kappa shape index (κ2) is 8.46. The van der Waals surface area contributed by atoms with E-state index in [9.17, 15) is 9.18 Å². The topological polar surface area (TPSA) is 42.0 Å². The Balaban J connectivity index is 1.80. The lowest BCUT2D eigenvalue weighted by molar-refractivity contribution is 0.102. The second-order valence-electron chi connectivity index (χ2n) is 7.85. The molecule has 7 heteroatoms. The highest BCUT2D eigenvalue weighted by molar-refractivity contribution is 8.32. The summed E-state index contributed by atoms with van der Waals surface area (Å²) in [6.07, 6.45) is 6.24. The molecule has 1 heterocycles. The van der Waals surface area contributed by atoms with Crippen molar-refractivity contribution < 1.29 is 9.18 Å². The number of carbonyl (C=O) groups is 1. The van der Waals surface area contributed by atoms with E-state index >= 15 is 0 Å². The molecule has 0 spiro atoms. The zero-order valence-electron chi connectivity index (χ0n) is 17.0. The number of aromatic nitrogens is 1. The maximum atomic E-state index is 14.5. The van der Waals surface area contributed by atoms with Gasteiger partial charge in [-0.1, -0.05) is 25.4 Å². The summed E-state index contributed by atoms with van der Waals surface area (Å²) in [5, 5.41) is 6.23. The molecule has 1 amide bonds. The highest BCUT2D eigenvalue weighted by atomic mass is 35.5. The Morgan fingerprint density at radius 3 is 2.45 bits per heavy atom. The van der Waals surface area contributed by atoms with Gasteiger partial charge in [0, 0.05) is 22.5 Å². The van der Waals surface area contributed by atoms with Gasteiger partial charge in [0.15, 0.2) is 0 Å². The number of halogens is 2. The molecule has 0 atom stereocenters. The molecule has 2 aromatic carbocycles. The van der Waals surface area contributed by atoms with E-state index in [0.717, 1.165) is 21.2 Å². The Morgan fingerprint density at radius 1 is 1.17 bits per heavy atom. The maximum absolute atomic E-state index is 14.5. The van der Waals surface area contributed by atoms with Crippen LogP contribution in [0.5, 0.6) is 0 Å². The molecule has 0 aliphatic carbocycles. The maximum Gasteiger partial charge on any atom is 0.258 e. The van der Waals surface area contributed by atoms with Crippen molar-refractivity contribution in [2.24, 2.45) is 0 Å². The van der Waals surface area contributed by atoms with E-state index in [2.05, 4.69) is 42.9 Å². The van der Waals surface area contributed by atoms with Gasteiger partial charge in [0.25, 0.3) is 5.91 Å². The van der Waals surface area contributed by atoms with E-state index in [1.165, 1.54) is 12.1 Å². The standard InChI is InChI=1S/C22H24ClFN2OS2/c1-13(2)22-26-20(12-28-22)16-8-6-14(10-18(16)23)25-21(27)17-9-7-15(11-19(17)24)29(3,4)5/h6-13H,1-5H3,(H,25,27). The third kappa shape index (κ3) is 5.00. The number of hydrogen-bond acceptors (Lipinski definition) is 3. The molecule has 0 saturated carbocycles. The fourth-order valence-corrected chi connectivity index (χ4v) is 4.78. The van der Waals surface area contributed by atoms with Crippen LogP contribution in [0.25, 0.3) is 11.3 Å². The van der Waals surface area contributed by atoms with Crippen LogP contribution in [0.4, 0.5) is 10.1 Å². The molecule has 3 nitrogen and oxygen atoms in total. The van der Waals surface area contributed by atoms with E-state index in [1.54, 1.807) is 23.5 Å². The van der Waals surface area contributed by atoms with Crippen LogP contribution in [0.15, 0.2) is 46.7 Å². The molecule has 0 bridgehead atoms. The van der Waals surface area contributed by atoms with Gasteiger partial charge in [0.2, 0.25) is 0 Å². The third-order valence-corrected chi connectivity index (χ3v) is 7.54. The summed E-state index contributed by atoms with van der Waals surface area (Å²) in [6.45, 7) is 4.19. The van der Waals surface area contributed by atoms with Crippen molar-refractivity contribution in [2.75, 3.05) is 24.1 Å². The summed E-state index contributed by atoms with van der Waals surface area (Å²) in [4.78, 5) is 18.1. The minimum absolute atomic E-state index is 0.0127. The smallest absolute Gasteiger partial charge is 0.258 e. The first kappa shape index (κ1) is 21.8. The predicted molar refractivity (Wildman–Crippen MR) is 125 cm³/mol. The molecule has 0 fully saturated rings. The lowest BCUT2D eigenvalue weighted by Crippen LogP contribution is -2.14. The van der Waals surface area contributed by atoms with Crippen molar-refractivity contribution in [3.8, 4) is 11.3 Å². The van der Waals surface area contributed by atoms with E-state index in [0.29, 0.717) is 16.6 Å². The van der Waals surface area contributed by atoms with Crippen molar-refractivity contribution in [3.63, 3.8) is 0 Å². The van der Waals surface area contributed by atoms with Crippen molar-refractivity contribution in [1.82, 2.24) is 4.98 Å². The minimum atomic E-state index is -1.06. The molecule has 1 N–H and O–H groups in total. The highest BCUT2D eigenvalue weighted by Gasteiger charge is 2.17. The highest BCUT2D eigenvalue weighted by Crippen LogP contribution is 2.45. The van der Waals surface area contributed by atoms with Crippen LogP contribution in [0.1, 0.15) is 35.1 Å².